The van der Waals surface area contributed by atoms with Gasteiger partial charge in [0.05, 0.1) is 13.2 Å². The third-order valence-corrected chi connectivity index (χ3v) is 4.40. The molecule has 0 radical (unpaired) electrons. The number of aromatic nitrogens is 3. The molecule has 0 unspecified atom stereocenters. The standard InChI is InChI=1S/C16H19N5O3/c22-16(20-8-10-23-11-9-20)21-7-3-5-13(21)15-18-14(19-24-15)12-4-1-2-6-17-12/h1-2,4,6,13H,3,5,7-11H2/t13-/m0/s1. The van der Waals surface area contributed by atoms with E-state index in [0.717, 1.165) is 12.8 Å². The maximum atomic E-state index is 12.8. The molecule has 0 aromatic carbocycles. The zero-order valence-electron chi connectivity index (χ0n) is 13.3. The zero-order valence-corrected chi connectivity index (χ0v) is 13.3. The highest BCUT2D eigenvalue weighted by atomic mass is 16.5. The Balaban J connectivity index is 1.52. The topological polar surface area (TPSA) is 84.6 Å². The van der Waals surface area contributed by atoms with Crippen molar-refractivity contribution in [2.24, 2.45) is 0 Å². The predicted octanol–water partition coefficient (Wildman–Crippen LogP) is 1.72. The van der Waals surface area contributed by atoms with E-state index in [1.807, 2.05) is 28.0 Å². The minimum atomic E-state index is -0.162. The molecule has 0 N–H and O–H groups in total. The van der Waals surface area contributed by atoms with Crippen molar-refractivity contribution in [1.29, 1.82) is 0 Å². The summed E-state index contributed by atoms with van der Waals surface area (Å²) in [7, 11) is 0. The lowest BCUT2D eigenvalue weighted by molar-refractivity contribution is 0.0410. The quantitative estimate of drug-likeness (QED) is 0.834. The second-order valence-electron chi connectivity index (χ2n) is 5.90. The zero-order chi connectivity index (χ0) is 16.4. The summed E-state index contributed by atoms with van der Waals surface area (Å²) in [6, 6.07) is 5.41. The summed E-state index contributed by atoms with van der Waals surface area (Å²) in [5.41, 5.74) is 0.663. The fourth-order valence-electron chi connectivity index (χ4n) is 3.16. The summed E-state index contributed by atoms with van der Waals surface area (Å²) in [6.07, 6.45) is 3.46. The number of carbonyl (C=O) groups is 1. The van der Waals surface area contributed by atoms with Crippen molar-refractivity contribution in [3.05, 3.63) is 30.3 Å². The van der Waals surface area contributed by atoms with E-state index in [2.05, 4.69) is 15.1 Å². The van der Waals surface area contributed by atoms with Gasteiger partial charge in [0, 0.05) is 25.8 Å². The Bertz CT molecular complexity index is 699. The highest BCUT2D eigenvalue weighted by Gasteiger charge is 2.36. The number of morpholine rings is 1. The number of likely N-dealkylation sites (tertiary alicyclic amines) is 1. The average Bonchev–Trinajstić information content (AvgIpc) is 3.32. The lowest BCUT2D eigenvalue weighted by atomic mass is 10.2. The van der Waals surface area contributed by atoms with Gasteiger partial charge >= 0.3 is 6.03 Å². The van der Waals surface area contributed by atoms with E-state index in [0.29, 0.717) is 50.3 Å². The van der Waals surface area contributed by atoms with Crippen LogP contribution >= 0.6 is 0 Å². The van der Waals surface area contributed by atoms with Crippen LogP contribution in [0, 0.1) is 0 Å². The molecule has 4 rings (SSSR count). The Hall–Kier alpha value is -2.48. The molecule has 2 amide bonds. The highest BCUT2D eigenvalue weighted by molar-refractivity contribution is 5.75. The normalized spacial score (nSPS) is 21.2. The van der Waals surface area contributed by atoms with Gasteiger partial charge in [-0.2, -0.15) is 4.98 Å². The number of pyridine rings is 1. The molecule has 24 heavy (non-hydrogen) atoms. The lowest BCUT2D eigenvalue weighted by Crippen LogP contribution is -2.47. The van der Waals surface area contributed by atoms with E-state index in [1.165, 1.54) is 0 Å². The number of nitrogens with zero attached hydrogens (tertiary/aromatic N) is 5. The summed E-state index contributed by atoms with van der Waals surface area (Å²) in [5, 5.41) is 4.02. The minimum absolute atomic E-state index is 0.0263. The number of hydrogen-bond acceptors (Lipinski definition) is 6. The first-order valence-corrected chi connectivity index (χ1v) is 8.21. The molecule has 2 aromatic rings. The predicted molar refractivity (Wildman–Crippen MR) is 84.0 cm³/mol. The first kappa shape index (κ1) is 15.1. The van der Waals surface area contributed by atoms with Gasteiger partial charge in [0.15, 0.2) is 0 Å². The van der Waals surface area contributed by atoms with Crippen molar-refractivity contribution in [3.63, 3.8) is 0 Å². The van der Waals surface area contributed by atoms with E-state index in [4.69, 9.17) is 9.26 Å². The van der Waals surface area contributed by atoms with E-state index in [-0.39, 0.29) is 12.1 Å². The van der Waals surface area contributed by atoms with Crippen molar-refractivity contribution in [3.8, 4) is 11.5 Å². The van der Waals surface area contributed by atoms with Crippen LogP contribution in [0.1, 0.15) is 24.8 Å². The SMILES string of the molecule is O=C(N1CCOCC1)N1CCC[C@H]1c1nc(-c2ccccn2)no1. The number of ether oxygens (including phenoxy) is 1. The fraction of sp³-hybridized carbons (Fsp3) is 0.500. The molecule has 2 aromatic heterocycles. The first-order valence-electron chi connectivity index (χ1n) is 8.21. The molecule has 2 aliphatic heterocycles. The van der Waals surface area contributed by atoms with E-state index in [1.54, 1.807) is 6.20 Å². The van der Waals surface area contributed by atoms with Crippen LogP contribution in [0.3, 0.4) is 0 Å². The monoisotopic (exact) mass is 329 g/mol. The third-order valence-electron chi connectivity index (χ3n) is 4.40. The molecule has 126 valence electrons. The van der Waals surface area contributed by atoms with Crippen LogP contribution in [0.4, 0.5) is 4.79 Å². The molecule has 8 heteroatoms. The molecule has 4 heterocycles. The first-order chi connectivity index (χ1) is 11.8. The number of carbonyl (C=O) groups excluding carboxylic acids is 1. The Morgan fingerprint density at radius 1 is 1.21 bits per heavy atom. The second-order valence-corrected chi connectivity index (χ2v) is 5.90. The second kappa shape index (κ2) is 6.56. The molecule has 0 bridgehead atoms. The Morgan fingerprint density at radius 3 is 2.88 bits per heavy atom. The van der Waals surface area contributed by atoms with Gasteiger partial charge in [-0.15, -0.1) is 0 Å². The van der Waals surface area contributed by atoms with E-state index >= 15 is 0 Å². The van der Waals surface area contributed by atoms with Crippen LogP contribution < -0.4 is 0 Å². The minimum Gasteiger partial charge on any atom is -0.378 e. The summed E-state index contributed by atoms with van der Waals surface area (Å²) >= 11 is 0. The van der Waals surface area contributed by atoms with Crippen molar-refractivity contribution >= 4 is 6.03 Å². The van der Waals surface area contributed by atoms with Gasteiger partial charge in [-0.05, 0) is 25.0 Å². The molecule has 0 aliphatic carbocycles. The van der Waals surface area contributed by atoms with Crippen LogP contribution in [0.5, 0.6) is 0 Å². The van der Waals surface area contributed by atoms with Gasteiger partial charge in [0.2, 0.25) is 11.7 Å². The van der Waals surface area contributed by atoms with Crippen LogP contribution in [0.25, 0.3) is 11.5 Å². The molecular weight excluding hydrogens is 310 g/mol. The average molecular weight is 329 g/mol. The highest BCUT2D eigenvalue weighted by Crippen LogP contribution is 2.32. The van der Waals surface area contributed by atoms with Gasteiger partial charge in [0.1, 0.15) is 11.7 Å². The lowest BCUT2D eigenvalue weighted by Gasteiger charge is -2.32. The van der Waals surface area contributed by atoms with E-state index < -0.39 is 0 Å². The Labute approximate surface area is 139 Å². The van der Waals surface area contributed by atoms with Gasteiger partial charge in [-0.3, -0.25) is 4.98 Å². The van der Waals surface area contributed by atoms with Crippen molar-refractivity contribution in [1.82, 2.24) is 24.9 Å². The Kier molecular flexibility index (Phi) is 4.12. The van der Waals surface area contributed by atoms with Gasteiger partial charge < -0.3 is 19.1 Å². The maximum absolute atomic E-state index is 12.8. The fourth-order valence-corrected chi connectivity index (χ4v) is 3.16. The van der Waals surface area contributed by atoms with Crippen molar-refractivity contribution in [2.45, 2.75) is 18.9 Å². The van der Waals surface area contributed by atoms with Crippen LogP contribution in [0.15, 0.2) is 28.9 Å². The van der Waals surface area contributed by atoms with Crippen LogP contribution in [-0.4, -0.2) is 63.8 Å². The molecular formula is C16H19N5O3. The Morgan fingerprint density at radius 2 is 2.08 bits per heavy atom. The molecule has 2 fully saturated rings. The van der Waals surface area contributed by atoms with Crippen LogP contribution in [0.2, 0.25) is 0 Å². The molecule has 2 aliphatic rings. The number of hydrogen-bond donors (Lipinski definition) is 0. The maximum Gasteiger partial charge on any atom is 0.320 e. The smallest absolute Gasteiger partial charge is 0.320 e. The van der Waals surface area contributed by atoms with E-state index in [9.17, 15) is 4.79 Å². The summed E-state index contributed by atoms with van der Waals surface area (Å²) in [4.78, 5) is 25.1. The number of rotatable bonds is 2. The number of amides is 2. The summed E-state index contributed by atoms with van der Waals surface area (Å²) in [6.45, 7) is 3.15. The molecule has 0 spiro atoms. The molecule has 1 atom stereocenters. The van der Waals surface area contributed by atoms with Crippen LogP contribution in [-0.2, 0) is 4.74 Å². The van der Waals surface area contributed by atoms with Gasteiger partial charge in [0.25, 0.3) is 0 Å². The van der Waals surface area contributed by atoms with Gasteiger partial charge in [-0.1, -0.05) is 11.2 Å². The molecule has 8 nitrogen and oxygen atoms in total. The summed E-state index contributed by atoms with van der Waals surface area (Å²) < 4.78 is 10.7. The summed E-state index contributed by atoms with van der Waals surface area (Å²) in [5.74, 6) is 0.936. The largest absolute Gasteiger partial charge is 0.378 e. The van der Waals surface area contributed by atoms with Crippen molar-refractivity contribution in [2.75, 3.05) is 32.8 Å². The third kappa shape index (κ3) is 2.84. The number of urea groups is 1. The van der Waals surface area contributed by atoms with Crippen molar-refractivity contribution < 1.29 is 14.1 Å². The molecule has 2 saturated heterocycles. The molecule has 0 saturated carbocycles. The van der Waals surface area contributed by atoms with Gasteiger partial charge in [-0.25, -0.2) is 4.79 Å².